The van der Waals surface area contributed by atoms with E-state index in [1.807, 2.05) is 54.8 Å². The molecule has 206 valence electrons. The van der Waals surface area contributed by atoms with Crippen molar-refractivity contribution >= 4 is 29.3 Å². The lowest BCUT2D eigenvalue weighted by Crippen LogP contribution is -2.58. The van der Waals surface area contributed by atoms with Gasteiger partial charge >= 0.3 is 0 Å². The number of benzene rings is 2. The van der Waals surface area contributed by atoms with Crippen molar-refractivity contribution in [3.05, 3.63) is 59.7 Å². The SMILES string of the molecule is COc1ccc(CN2C(=O)[C@H](OCSC)[C@H]3CCCC[C@]32C(=O)Nc2ccccc2CC(OC)OC)cc1. The molecule has 1 N–H and O–H groups in total. The zero-order valence-corrected chi connectivity index (χ0v) is 23.4. The summed E-state index contributed by atoms with van der Waals surface area (Å²) in [6, 6.07) is 15.3. The number of fused-ring (bicyclic) bond motifs is 1. The van der Waals surface area contributed by atoms with Gasteiger partial charge < -0.3 is 29.2 Å². The first kappa shape index (κ1) is 28.4. The Kier molecular flexibility index (Phi) is 9.70. The summed E-state index contributed by atoms with van der Waals surface area (Å²) in [6.07, 6.45) is 4.52. The lowest BCUT2D eigenvalue weighted by atomic mass is 9.71. The molecule has 3 atom stereocenters. The molecule has 38 heavy (non-hydrogen) atoms. The first-order valence-electron chi connectivity index (χ1n) is 13.0. The van der Waals surface area contributed by atoms with E-state index in [9.17, 15) is 9.59 Å². The molecule has 0 unspecified atom stereocenters. The van der Waals surface area contributed by atoms with E-state index >= 15 is 0 Å². The summed E-state index contributed by atoms with van der Waals surface area (Å²) in [6.45, 7) is 0.322. The number of nitrogens with zero attached hydrogens (tertiary/aromatic N) is 1. The number of rotatable bonds is 12. The second-order valence-electron chi connectivity index (χ2n) is 9.76. The largest absolute Gasteiger partial charge is 0.497 e. The lowest BCUT2D eigenvalue weighted by molar-refractivity contribution is -0.143. The number of carbonyl (C=O) groups is 2. The predicted octanol–water partition coefficient (Wildman–Crippen LogP) is 4.47. The summed E-state index contributed by atoms with van der Waals surface area (Å²) >= 11 is 1.53. The maximum absolute atomic E-state index is 14.4. The van der Waals surface area contributed by atoms with Gasteiger partial charge in [-0.3, -0.25) is 9.59 Å². The van der Waals surface area contributed by atoms with Gasteiger partial charge in [0.2, 0.25) is 0 Å². The molecule has 1 aliphatic heterocycles. The van der Waals surface area contributed by atoms with E-state index in [-0.39, 0.29) is 17.7 Å². The van der Waals surface area contributed by atoms with E-state index in [0.717, 1.165) is 36.1 Å². The minimum absolute atomic E-state index is 0.121. The molecule has 2 aromatic rings. The van der Waals surface area contributed by atoms with Gasteiger partial charge in [0.15, 0.2) is 6.29 Å². The lowest BCUT2D eigenvalue weighted by Gasteiger charge is -2.43. The highest BCUT2D eigenvalue weighted by molar-refractivity contribution is 7.98. The number of thioether (sulfide) groups is 1. The maximum Gasteiger partial charge on any atom is 0.253 e. The van der Waals surface area contributed by atoms with Crippen LogP contribution < -0.4 is 10.1 Å². The first-order valence-corrected chi connectivity index (χ1v) is 14.4. The Morgan fingerprint density at radius 1 is 1.11 bits per heavy atom. The Morgan fingerprint density at radius 2 is 1.84 bits per heavy atom. The fraction of sp³-hybridized carbons (Fsp3) is 0.517. The molecule has 1 aliphatic carbocycles. The summed E-state index contributed by atoms with van der Waals surface area (Å²) in [5.41, 5.74) is 1.53. The Labute approximate surface area is 229 Å². The zero-order valence-electron chi connectivity index (χ0n) is 22.6. The van der Waals surface area contributed by atoms with Crippen molar-refractivity contribution in [3.63, 3.8) is 0 Å². The Balaban J connectivity index is 1.70. The highest BCUT2D eigenvalue weighted by Gasteiger charge is 2.63. The number of likely N-dealkylation sites (tertiary alicyclic amines) is 1. The van der Waals surface area contributed by atoms with Crippen molar-refractivity contribution in [2.24, 2.45) is 5.92 Å². The summed E-state index contributed by atoms with van der Waals surface area (Å²) in [4.78, 5) is 30.0. The Hall–Kier alpha value is -2.59. The van der Waals surface area contributed by atoms with Crippen LogP contribution in [0.1, 0.15) is 36.8 Å². The molecule has 1 heterocycles. The quantitative estimate of drug-likeness (QED) is 0.396. The third-order valence-electron chi connectivity index (χ3n) is 7.73. The molecule has 0 radical (unpaired) electrons. The molecule has 2 aromatic carbocycles. The molecule has 0 spiro atoms. The van der Waals surface area contributed by atoms with E-state index in [0.29, 0.717) is 31.0 Å². The van der Waals surface area contributed by atoms with Crippen LogP contribution in [0.3, 0.4) is 0 Å². The topological polar surface area (TPSA) is 86.3 Å². The molecule has 4 rings (SSSR count). The Morgan fingerprint density at radius 3 is 2.53 bits per heavy atom. The molecule has 0 bridgehead atoms. The van der Waals surface area contributed by atoms with E-state index in [2.05, 4.69) is 5.32 Å². The highest BCUT2D eigenvalue weighted by Crippen LogP contribution is 2.49. The molecule has 9 heteroatoms. The molecule has 8 nitrogen and oxygen atoms in total. The normalized spacial score (nSPS) is 23.0. The van der Waals surface area contributed by atoms with E-state index in [4.69, 9.17) is 18.9 Å². The summed E-state index contributed by atoms with van der Waals surface area (Å²) in [7, 11) is 4.81. The van der Waals surface area contributed by atoms with Crippen LogP contribution in [0.5, 0.6) is 5.75 Å². The number of ether oxygens (including phenoxy) is 4. The van der Waals surface area contributed by atoms with Gasteiger partial charge in [0, 0.05) is 38.8 Å². The zero-order chi connectivity index (χ0) is 27.1. The van der Waals surface area contributed by atoms with Gasteiger partial charge in [-0.05, 0) is 48.4 Å². The number of hydrogen-bond donors (Lipinski definition) is 1. The molecule has 2 fully saturated rings. The maximum atomic E-state index is 14.4. The van der Waals surface area contributed by atoms with Gasteiger partial charge in [-0.1, -0.05) is 43.2 Å². The van der Waals surface area contributed by atoms with Crippen molar-refractivity contribution in [2.75, 3.05) is 38.8 Å². The fourth-order valence-electron chi connectivity index (χ4n) is 5.80. The standard InChI is InChI=1S/C29H38N2O6S/c1-34-22-14-12-20(13-15-22)18-31-27(32)26(37-19-38-4)23-10-7-8-16-29(23,31)28(33)30-24-11-6-5-9-21(24)17-25(35-2)36-3/h5-6,9,11-15,23,25-26H,7-8,10,16-19H2,1-4H3,(H,30,33)/t23-,26-,29-/m1/s1. The van der Waals surface area contributed by atoms with Crippen LogP contribution in [0.25, 0.3) is 0 Å². The number of methoxy groups -OCH3 is 3. The number of para-hydroxylation sites is 1. The summed E-state index contributed by atoms with van der Waals surface area (Å²) < 4.78 is 22.2. The average molecular weight is 543 g/mol. The van der Waals surface area contributed by atoms with Gasteiger partial charge in [-0.25, -0.2) is 0 Å². The monoisotopic (exact) mass is 542 g/mol. The average Bonchev–Trinajstić information content (AvgIpc) is 3.19. The van der Waals surface area contributed by atoms with Gasteiger partial charge in [-0.15, -0.1) is 11.8 Å². The number of hydrogen-bond acceptors (Lipinski definition) is 7. The minimum Gasteiger partial charge on any atom is -0.497 e. The van der Waals surface area contributed by atoms with Crippen molar-refractivity contribution < 1.29 is 28.5 Å². The fourth-order valence-corrected chi connectivity index (χ4v) is 6.08. The second kappa shape index (κ2) is 13.0. The second-order valence-corrected chi connectivity index (χ2v) is 10.6. The van der Waals surface area contributed by atoms with E-state index in [1.165, 1.54) is 11.8 Å². The molecule has 2 amide bonds. The van der Waals surface area contributed by atoms with Crippen LogP contribution in [0.15, 0.2) is 48.5 Å². The van der Waals surface area contributed by atoms with Crippen molar-refractivity contribution in [3.8, 4) is 5.75 Å². The van der Waals surface area contributed by atoms with E-state index in [1.54, 1.807) is 26.2 Å². The van der Waals surface area contributed by atoms with Gasteiger partial charge in [0.25, 0.3) is 11.8 Å². The number of carbonyl (C=O) groups excluding carboxylic acids is 2. The van der Waals surface area contributed by atoms with Crippen LogP contribution >= 0.6 is 11.8 Å². The molecule has 1 saturated heterocycles. The van der Waals surface area contributed by atoms with Gasteiger partial charge in [0.1, 0.15) is 17.4 Å². The van der Waals surface area contributed by atoms with Crippen molar-refractivity contribution in [1.29, 1.82) is 0 Å². The third kappa shape index (κ3) is 5.71. The van der Waals surface area contributed by atoms with Crippen LogP contribution in [-0.2, 0) is 36.8 Å². The number of amides is 2. The predicted molar refractivity (Wildman–Crippen MR) is 148 cm³/mol. The first-order chi connectivity index (χ1) is 18.5. The molecular weight excluding hydrogens is 504 g/mol. The van der Waals surface area contributed by atoms with Gasteiger partial charge in [-0.2, -0.15) is 0 Å². The summed E-state index contributed by atoms with van der Waals surface area (Å²) in [5, 5.41) is 3.20. The third-order valence-corrected chi connectivity index (χ3v) is 8.10. The molecule has 1 saturated carbocycles. The van der Waals surface area contributed by atoms with Crippen molar-refractivity contribution in [1.82, 2.24) is 4.90 Å². The van der Waals surface area contributed by atoms with Crippen molar-refractivity contribution in [2.45, 2.75) is 56.6 Å². The minimum atomic E-state index is -1.01. The Bertz CT molecular complexity index is 1090. The van der Waals surface area contributed by atoms with Crippen LogP contribution in [-0.4, -0.2) is 68.2 Å². The smallest absolute Gasteiger partial charge is 0.253 e. The number of nitrogens with one attached hydrogen (secondary N) is 1. The molecular formula is C29H38N2O6S. The van der Waals surface area contributed by atoms with Crippen LogP contribution in [0.4, 0.5) is 5.69 Å². The van der Waals surface area contributed by atoms with Crippen LogP contribution in [0.2, 0.25) is 0 Å². The van der Waals surface area contributed by atoms with Crippen LogP contribution in [0, 0.1) is 5.92 Å². The summed E-state index contributed by atoms with van der Waals surface area (Å²) in [5.74, 6) is 0.626. The molecule has 2 aliphatic rings. The number of anilines is 1. The van der Waals surface area contributed by atoms with E-state index < -0.39 is 17.9 Å². The van der Waals surface area contributed by atoms with Gasteiger partial charge in [0.05, 0.1) is 13.0 Å². The molecule has 0 aromatic heterocycles. The highest BCUT2D eigenvalue weighted by atomic mass is 32.2.